The highest BCUT2D eigenvalue weighted by molar-refractivity contribution is 6.31. The molecule has 1 aromatic rings. The number of amides is 4. The summed E-state index contributed by atoms with van der Waals surface area (Å²) in [4.78, 5) is 36.1. The van der Waals surface area contributed by atoms with Gasteiger partial charge in [-0.2, -0.15) is 5.26 Å². The van der Waals surface area contributed by atoms with Crippen molar-refractivity contribution in [2.45, 2.75) is 6.42 Å². The maximum absolute atomic E-state index is 11.6. The van der Waals surface area contributed by atoms with E-state index in [-0.39, 0.29) is 5.57 Å². The van der Waals surface area contributed by atoms with Crippen molar-refractivity contribution in [2.75, 3.05) is 18.5 Å². The molecule has 1 heterocycles. The van der Waals surface area contributed by atoms with E-state index in [2.05, 4.69) is 6.07 Å². The molecule has 1 saturated heterocycles. The van der Waals surface area contributed by atoms with Crippen molar-refractivity contribution in [1.82, 2.24) is 10.6 Å². The molecular weight excluding hydrogens is 284 g/mol. The topological polar surface area (TPSA) is 102 Å². The molecule has 112 valence electrons. The number of benzene rings is 1. The fourth-order valence-electron chi connectivity index (χ4n) is 1.94. The van der Waals surface area contributed by atoms with Gasteiger partial charge in [0.1, 0.15) is 5.57 Å². The number of imide groups is 2. The van der Waals surface area contributed by atoms with E-state index in [1.165, 1.54) is 6.08 Å². The van der Waals surface area contributed by atoms with Crippen LogP contribution >= 0.6 is 0 Å². The minimum atomic E-state index is -0.818. The molecule has 0 atom stereocenters. The van der Waals surface area contributed by atoms with Gasteiger partial charge in [0, 0.05) is 19.3 Å². The fraction of sp³-hybridized carbons (Fsp3) is 0.200. The molecule has 1 aromatic carbocycles. The van der Waals surface area contributed by atoms with Gasteiger partial charge >= 0.3 is 6.03 Å². The standard InChI is InChI=1S/C15H14N4O3/c1-19(8-2-7-16)11-5-3-10(4-6-11)9-12-13(20)17-15(22)18-14(12)21/h3-6,9H,2,8H2,1H3,(H2,17,18,20,21,22). The molecule has 4 amide bonds. The molecule has 0 bridgehead atoms. The van der Waals surface area contributed by atoms with E-state index in [1.54, 1.807) is 12.1 Å². The Morgan fingerprint density at radius 2 is 1.73 bits per heavy atom. The van der Waals surface area contributed by atoms with Crippen LogP contribution < -0.4 is 15.5 Å². The molecule has 0 aromatic heterocycles. The number of barbiturate groups is 1. The summed E-state index contributed by atoms with van der Waals surface area (Å²) in [6.07, 6.45) is 1.84. The zero-order valence-electron chi connectivity index (χ0n) is 11.9. The van der Waals surface area contributed by atoms with Gasteiger partial charge < -0.3 is 4.90 Å². The zero-order chi connectivity index (χ0) is 16.1. The first-order chi connectivity index (χ1) is 10.5. The molecule has 2 N–H and O–H groups in total. The number of nitrogens with one attached hydrogen (secondary N) is 2. The van der Waals surface area contributed by atoms with Crippen molar-refractivity contribution in [2.24, 2.45) is 0 Å². The molecule has 1 aliphatic rings. The van der Waals surface area contributed by atoms with Crippen LogP contribution in [0, 0.1) is 11.3 Å². The Bertz CT molecular complexity index is 664. The second kappa shape index (κ2) is 6.54. The second-order valence-electron chi connectivity index (χ2n) is 4.72. The van der Waals surface area contributed by atoms with E-state index in [0.29, 0.717) is 18.5 Å². The summed E-state index contributed by atoms with van der Waals surface area (Å²) in [5.41, 5.74) is 1.46. The first-order valence-electron chi connectivity index (χ1n) is 6.58. The summed E-state index contributed by atoms with van der Waals surface area (Å²) >= 11 is 0. The maximum atomic E-state index is 11.6. The van der Waals surface area contributed by atoms with Crippen LogP contribution in [0.3, 0.4) is 0 Å². The summed E-state index contributed by atoms with van der Waals surface area (Å²) in [5.74, 6) is -1.44. The maximum Gasteiger partial charge on any atom is 0.328 e. The van der Waals surface area contributed by atoms with Crippen LogP contribution in [0.5, 0.6) is 0 Å². The van der Waals surface area contributed by atoms with Crippen LogP contribution in [0.4, 0.5) is 10.5 Å². The Morgan fingerprint density at radius 3 is 2.27 bits per heavy atom. The second-order valence-corrected chi connectivity index (χ2v) is 4.72. The van der Waals surface area contributed by atoms with Crippen LogP contribution in [-0.4, -0.2) is 31.4 Å². The average Bonchev–Trinajstić information content (AvgIpc) is 2.49. The van der Waals surface area contributed by atoms with Crippen LogP contribution in [0.25, 0.3) is 6.08 Å². The zero-order valence-corrected chi connectivity index (χ0v) is 11.9. The molecule has 22 heavy (non-hydrogen) atoms. The molecule has 1 fully saturated rings. The number of carbonyl (C=O) groups excluding carboxylic acids is 3. The third-order valence-electron chi connectivity index (χ3n) is 3.15. The van der Waals surface area contributed by atoms with E-state index in [4.69, 9.17) is 5.26 Å². The van der Waals surface area contributed by atoms with Crippen LogP contribution in [0.1, 0.15) is 12.0 Å². The summed E-state index contributed by atoms with van der Waals surface area (Å²) in [6, 6.07) is 8.42. The summed E-state index contributed by atoms with van der Waals surface area (Å²) < 4.78 is 0. The highest BCUT2D eigenvalue weighted by Gasteiger charge is 2.27. The third-order valence-corrected chi connectivity index (χ3v) is 3.15. The molecule has 1 aliphatic heterocycles. The number of hydrogen-bond donors (Lipinski definition) is 2. The predicted molar refractivity (Wildman–Crippen MR) is 79.6 cm³/mol. The molecule has 0 spiro atoms. The first kappa shape index (κ1) is 15.3. The van der Waals surface area contributed by atoms with Gasteiger partial charge in [0.25, 0.3) is 11.8 Å². The number of nitriles is 1. The van der Waals surface area contributed by atoms with Gasteiger partial charge in [-0.05, 0) is 23.8 Å². The van der Waals surface area contributed by atoms with Crippen LogP contribution in [0.2, 0.25) is 0 Å². The lowest BCUT2D eigenvalue weighted by atomic mass is 10.1. The van der Waals surface area contributed by atoms with E-state index in [1.807, 2.05) is 34.7 Å². The number of nitrogens with zero attached hydrogens (tertiary/aromatic N) is 2. The molecule has 0 radical (unpaired) electrons. The number of urea groups is 1. The lowest BCUT2D eigenvalue weighted by molar-refractivity contribution is -0.123. The molecule has 2 rings (SSSR count). The van der Waals surface area contributed by atoms with Crippen molar-refractivity contribution in [3.05, 3.63) is 35.4 Å². The first-order valence-corrected chi connectivity index (χ1v) is 6.58. The van der Waals surface area contributed by atoms with Gasteiger partial charge in [-0.3, -0.25) is 20.2 Å². The van der Waals surface area contributed by atoms with Gasteiger partial charge in [-0.25, -0.2) is 4.79 Å². The lowest BCUT2D eigenvalue weighted by Gasteiger charge is -2.18. The van der Waals surface area contributed by atoms with Crippen molar-refractivity contribution in [1.29, 1.82) is 5.26 Å². The lowest BCUT2D eigenvalue weighted by Crippen LogP contribution is -2.51. The smallest absolute Gasteiger partial charge is 0.328 e. The summed E-state index contributed by atoms with van der Waals surface area (Å²) in [7, 11) is 1.87. The normalized spacial score (nSPS) is 14.0. The van der Waals surface area contributed by atoms with E-state index < -0.39 is 17.8 Å². The van der Waals surface area contributed by atoms with Crippen molar-refractivity contribution in [3.8, 4) is 6.07 Å². The number of hydrogen-bond acceptors (Lipinski definition) is 5. The molecule has 0 unspecified atom stereocenters. The highest BCUT2D eigenvalue weighted by Crippen LogP contribution is 2.16. The van der Waals surface area contributed by atoms with Crippen LogP contribution in [-0.2, 0) is 9.59 Å². The van der Waals surface area contributed by atoms with Crippen LogP contribution in [0.15, 0.2) is 29.8 Å². The molecule has 0 saturated carbocycles. The number of rotatable bonds is 4. The van der Waals surface area contributed by atoms with Gasteiger partial charge in [-0.15, -0.1) is 0 Å². The van der Waals surface area contributed by atoms with Gasteiger partial charge in [0.2, 0.25) is 0 Å². The van der Waals surface area contributed by atoms with Crippen molar-refractivity contribution >= 4 is 29.6 Å². The summed E-state index contributed by atoms with van der Waals surface area (Å²) in [6.45, 7) is 0.615. The van der Waals surface area contributed by atoms with Crippen molar-refractivity contribution < 1.29 is 14.4 Å². The van der Waals surface area contributed by atoms with Crippen molar-refractivity contribution in [3.63, 3.8) is 0 Å². The SMILES string of the molecule is CN(CCC#N)c1ccc(C=C2C(=O)NC(=O)NC2=O)cc1. The third kappa shape index (κ3) is 3.49. The molecule has 7 heteroatoms. The van der Waals surface area contributed by atoms with Gasteiger partial charge in [0.05, 0.1) is 12.5 Å². The Morgan fingerprint density at radius 1 is 1.14 bits per heavy atom. The molecule has 0 aliphatic carbocycles. The van der Waals surface area contributed by atoms with Gasteiger partial charge in [-0.1, -0.05) is 12.1 Å². The van der Waals surface area contributed by atoms with E-state index >= 15 is 0 Å². The summed E-state index contributed by atoms with van der Waals surface area (Å²) in [5, 5.41) is 12.6. The molecule has 7 nitrogen and oxygen atoms in total. The minimum absolute atomic E-state index is 0.120. The highest BCUT2D eigenvalue weighted by atomic mass is 16.2. The van der Waals surface area contributed by atoms with E-state index in [9.17, 15) is 14.4 Å². The fourth-order valence-corrected chi connectivity index (χ4v) is 1.94. The average molecular weight is 298 g/mol. The Hall–Kier alpha value is -3.14. The Labute approximate surface area is 127 Å². The van der Waals surface area contributed by atoms with Gasteiger partial charge in [0.15, 0.2) is 0 Å². The number of anilines is 1. The van der Waals surface area contributed by atoms with E-state index in [0.717, 1.165) is 5.69 Å². The monoisotopic (exact) mass is 298 g/mol. The quantitative estimate of drug-likeness (QED) is 0.632. The predicted octanol–water partition coefficient (Wildman–Crippen LogP) is 0.786. The largest absolute Gasteiger partial charge is 0.374 e. The Balaban J connectivity index is 2.15. The number of carbonyl (C=O) groups is 3. The Kier molecular flexibility index (Phi) is 4.53. The minimum Gasteiger partial charge on any atom is -0.374 e. The molecular formula is C15H14N4O3.